The van der Waals surface area contributed by atoms with Gasteiger partial charge in [-0.1, -0.05) is 0 Å². The lowest BCUT2D eigenvalue weighted by Gasteiger charge is -2.15. The van der Waals surface area contributed by atoms with Gasteiger partial charge in [-0.05, 0) is 24.3 Å². The molecule has 2 aromatic rings. The summed E-state index contributed by atoms with van der Waals surface area (Å²) in [5.74, 6) is -0.174. The van der Waals surface area contributed by atoms with Crippen molar-refractivity contribution >= 4 is 17.3 Å². The minimum Gasteiger partial charge on any atom is -0.469 e. The van der Waals surface area contributed by atoms with Crippen molar-refractivity contribution in [2.45, 2.75) is 6.42 Å². The highest BCUT2D eigenvalue weighted by atomic mass is 16.6. The van der Waals surface area contributed by atoms with Gasteiger partial charge in [-0.2, -0.15) is 0 Å². The molecule has 1 atom stereocenters. The fourth-order valence-corrected chi connectivity index (χ4v) is 2.15. The van der Waals surface area contributed by atoms with Crippen LogP contribution in [-0.4, -0.2) is 29.1 Å². The summed E-state index contributed by atoms with van der Waals surface area (Å²) in [6, 6.07) is 7.53. The largest absolute Gasteiger partial charge is 0.469 e. The predicted octanol–water partition coefficient (Wildman–Crippen LogP) is 1.55. The summed E-state index contributed by atoms with van der Waals surface area (Å²) >= 11 is 0. The second kappa shape index (κ2) is 7.41. The van der Waals surface area contributed by atoms with Gasteiger partial charge in [0.1, 0.15) is 11.4 Å². The van der Waals surface area contributed by atoms with E-state index in [1.165, 1.54) is 12.1 Å². The minimum absolute atomic E-state index is 0.0662. The molecule has 1 aromatic carbocycles. The molecule has 1 aromatic heterocycles. The van der Waals surface area contributed by atoms with Crippen LogP contribution in [0.25, 0.3) is 0 Å². The van der Waals surface area contributed by atoms with Crippen LogP contribution in [0.15, 0.2) is 41.0 Å². The molecule has 0 bridgehead atoms. The topological polar surface area (TPSA) is 132 Å². The summed E-state index contributed by atoms with van der Waals surface area (Å²) in [4.78, 5) is 21.6. The zero-order valence-electron chi connectivity index (χ0n) is 12.3. The quantitative estimate of drug-likeness (QED) is 0.499. The van der Waals surface area contributed by atoms with E-state index in [-0.39, 0.29) is 29.5 Å². The molecule has 0 fully saturated rings. The molecule has 0 saturated carbocycles. The van der Waals surface area contributed by atoms with Gasteiger partial charge in [0.05, 0.1) is 11.2 Å². The molecule has 4 N–H and O–H groups in total. The van der Waals surface area contributed by atoms with Gasteiger partial charge in [-0.3, -0.25) is 14.9 Å². The first-order chi connectivity index (χ1) is 11.0. The average molecular weight is 319 g/mol. The van der Waals surface area contributed by atoms with Crippen molar-refractivity contribution in [3.63, 3.8) is 0 Å². The number of rotatable bonds is 8. The number of anilines is 1. The highest BCUT2D eigenvalue weighted by molar-refractivity contribution is 5.94. The molecule has 0 unspecified atom stereocenters. The summed E-state index contributed by atoms with van der Waals surface area (Å²) in [5.41, 5.74) is 5.22. The number of aliphatic hydroxyl groups excluding tert-OH is 1. The number of amides is 1. The molecule has 0 aliphatic carbocycles. The second-order valence-corrected chi connectivity index (χ2v) is 5.07. The van der Waals surface area contributed by atoms with Crippen molar-refractivity contribution in [3.05, 3.63) is 58.0 Å². The van der Waals surface area contributed by atoms with E-state index >= 15 is 0 Å². The standard InChI is InChI=1S/C15H17N3O5/c16-15(20)11-3-4-13(14(7-11)18(21)22)17-8-10(9-19)6-12-2-1-5-23-12/h1-5,7,10,17,19H,6,8-9H2,(H2,16,20)/t10-/m0/s1. The van der Waals surface area contributed by atoms with Crippen LogP contribution in [-0.2, 0) is 6.42 Å². The third-order valence-corrected chi connectivity index (χ3v) is 3.39. The Hall–Kier alpha value is -2.87. The molecule has 0 aliphatic heterocycles. The number of primary amides is 1. The van der Waals surface area contributed by atoms with E-state index in [9.17, 15) is 20.0 Å². The smallest absolute Gasteiger partial charge is 0.293 e. The van der Waals surface area contributed by atoms with E-state index in [1.54, 1.807) is 18.4 Å². The highest BCUT2D eigenvalue weighted by Crippen LogP contribution is 2.26. The Labute approximate surface area is 132 Å². The number of hydrogen-bond acceptors (Lipinski definition) is 6. The molecule has 2 rings (SSSR count). The number of carbonyl (C=O) groups excluding carboxylic acids is 1. The number of aliphatic hydroxyl groups is 1. The minimum atomic E-state index is -0.731. The lowest BCUT2D eigenvalue weighted by atomic mass is 10.0. The van der Waals surface area contributed by atoms with Gasteiger partial charge in [0, 0.05) is 37.1 Å². The van der Waals surface area contributed by atoms with Crippen LogP contribution in [0.4, 0.5) is 11.4 Å². The Morgan fingerprint density at radius 2 is 2.22 bits per heavy atom. The van der Waals surface area contributed by atoms with Crippen LogP contribution in [0.1, 0.15) is 16.1 Å². The molecule has 1 amide bonds. The first-order valence-corrected chi connectivity index (χ1v) is 6.96. The predicted molar refractivity (Wildman–Crippen MR) is 83.1 cm³/mol. The molecule has 0 aliphatic rings. The second-order valence-electron chi connectivity index (χ2n) is 5.07. The van der Waals surface area contributed by atoms with Gasteiger partial charge in [0.25, 0.3) is 5.69 Å². The number of benzene rings is 1. The Balaban J connectivity index is 2.09. The highest BCUT2D eigenvalue weighted by Gasteiger charge is 2.18. The number of furan rings is 1. The lowest BCUT2D eigenvalue weighted by Crippen LogP contribution is -2.20. The number of nitro groups is 1. The Kier molecular flexibility index (Phi) is 5.32. The molecule has 23 heavy (non-hydrogen) atoms. The maximum absolute atomic E-state index is 11.1. The Morgan fingerprint density at radius 3 is 2.78 bits per heavy atom. The fraction of sp³-hybridized carbons (Fsp3) is 0.267. The zero-order valence-corrected chi connectivity index (χ0v) is 12.3. The summed E-state index contributed by atoms with van der Waals surface area (Å²) in [5, 5.41) is 23.5. The molecule has 0 saturated heterocycles. The number of nitrogens with two attached hydrogens (primary N) is 1. The number of nitrogens with one attached hydrogen (secondary N) is 1. The van der Waals surface area contributed by atoms with Crippen LogP contribution in [0.3, 0.4) is 0 Å². The van der Waals surface area contributed by atoms with Crippen molar-refractivity contribution < 1.29 is 19.2 Å². The maximum Gasteiger partial charge on any atom is 0.293 e. The van der Waals surface area contributed by atoms with Crippen molar-refractivity contribution in [1.29, 1.82) is 0 Å². The third kappa shape index (κ3) is 4.30. The molecular formula is C15H17N3O5. The number of carbonyl (C=O) groups is 1. The lowest BCUT2D eigenvalue weighted by molar-refractivity contribution is -0.384. The number of nitro benzene ring substituents is 1. The van der Waals surface area contributed by atoms with Gasteiger partial charge in [-0.15, -0.1) is 0 Å². The first-order valence-electron chi connectivity index (χ1n) is 6.96. The first kappa shape index (κ1) is 16.5. The van der Waals surface area contributed by atoms with E-state index in [1.807, 2.05) is 0 Å². The monoisotopic (exact) mass is 319 g/mol. The molecular weight excluding hydrogens is 302 g/mol. The number of hydrogen-bond donors (Lipinski definition) is 3. The molecule has 8 heteroatoms. The Morgan fingerprint density at radius 1 is 1.43 bits per heavy atom. The summed E-state index contributed by atoms with van der Waals surface area (Å²) in [6.07, 6.45) is 2.05. The SMILES string of the molecule is NC(=O)c1ccc(NC[C@@H](CO)Cc2ccco2)c([N+](=O)[O-])c1. The van der Waals surface area contributed by atoms with Crippen molar-refractivity contribution in [3.8, 4) is 0 Å². The van der Waals surface area contributed by atoms with E-state index < -0.39 is 10.8 Å². The van der Waals surface area contributed by atoms with E-state index in [0.717, 1.165) is 11.8 Å². The van der Waals surface area contributed by atoms with Gasteiger partial charge in [-0.25, -0.2) is 0 Å². The van der Waals surface area contributed by atoms with Crippen molar-refractivity contribution in [2.75, 3.05) is 18.5 Å². The van der Waals surface area contributed by atoms with Crippen LogP contribution in [0, 0.1) is 16.0 Å². The molecule has 1 heterocycles. The number of nitrogens with zero attached hydrogens (tertiary/aromatic N) is 1. The van der Waals surface area contributed by atoms with Crippen LogP contribution < -0.4 is 11.1 Å². The molecule has 8 nitrogen and oxygen atoms in total. The zero-order chi connectivity index (χ0) is 16.8. The van der Waals surface area contributed by atoms with Gasteiger partial charge >= 0.3 is 0 Å². The molecule has 0 spiro atoms. The summed E-state index contributed by atoms with van der Waals surface area (Å²) in [7, 11) is 0. The normalized spacial score (nSPS) is 11.9. The molecule has 0 radical (unpaired) electrons. The van der Waals surface area contributed by atoms with Crippen molar-refractivity contribution in [2.24, 2.45) is 11.7 Å². The van der Waals surface area contributed by atoms with Crippen molar-refractivity contribution in [1.82, 2.24) is 0 Å². The van der Waals surface area contributed by atoms with E-state index in [2.05, 4.69) is 5.32 Å². The maximum atomic E-state index is 11.1. The fourth-order valence-electron chi connectivity index (χ4n) is 2.15. The van der Waals surface area contributed by atoms with Crippen LogP contribution >= 0.6 is 0 Å². The van der Waals surface area contributed by atoms with Gasteiger partial charge in [0.15, 0.2) is 0 Å². The van der Waals surface area contributed by atoms with Gasteiger partial charge < -0.3 is 20.6 Å². The van der Waals surface area contributed by atoms with Crippen LogP contribution in [0.5, 0.6) is 0 Å². The summed E-state index contributed by atoms with van der Waals surface area (Å²) < 4.78 is 5.22. The van der Waals surface area contributed by atoms with E-state index in [4.69, 9.17) is 10.2 Å². The van der Waals surface area contributed by atoms with Crippen LogP contribution in [0.2, 0.25) is 0 Å². The molecule has 122 valence electrons. The average Bonchev–Trinajstić information content (AvgIpc) is 3.03. The van der Waals surface area contributed by atoms with Gasteiger partial charge in [0.2, 0.25) is 5.91 Å². The third-order valence-electron chi connectivity index (χ3n) is 3.39. The van der Waals surface area contributed by atoms with E-state index in [0.29, 0.717) is 13.0 Å². The Bertz CT molecular complexity index is 684. The summed E-state index contributed by atoms with van der Waals surface area (Å²) in [6.45, 7) is 0.217.